The fraction of sp³-hybridized carbons (Fsp3) is 0.222. The van der Waals surface area contributed by atoms with Gasteiger partial charge in [0.2, 0.25) is 0 Å². The van der Waals surface area contributed by atoms with Gasteiger partial charge in [-0.2, -0.15) is 0 Å². The van der Waals surface area contributed by atoms with Crippen LogP contribution in [-0.4, -0.2) is 17.2 Å². The molecule has 1 atom stereocenters. The fourth-order valence-corrected chi connectivity index (χ4v) is 1.86. The highest BCUT2D eigenvalue weighted by atomic mass is 79.9. The molecule has 0 fully saturated rings. The van der Waals surface area contributed by atoms with Crippen LogP contribution in [0.15, 0.2) is 18.2 Å². The Morgan fingerprint density at radius 2 is 2.31 bits per heavy atom. The van der Waals surface area contributed by atoms with Crippen LogP contribution in [0.25, 0.3) is 0 Å². The number of halogens is 2. The number of benzene rings is 1. The van der Waals surface area contributed by atoms with E-state index in [2.05, 4.69) is 15.9 Å². The molecule has 1 heterocycles. The van der Waals surface area contributed by atoms with Gasteiger partial charge in [0, 0.05) is 0 Å². The van der Waals surface area contributed by atoms with Gasteiger partial charge in [0.1, 0.15) is 17.2 Å². The normalized spacial score (nSPS) is 20.8. The summed E-state index contributed by atoms with van der Waals surface area (Å²) in [6.45, 7) is 0.343. The highest BCUT2D eigenvalue weighted by molar-refractivity contribution is 9.10. The van der Waals surface area contributed by atoms with Crippen molar-refractivity contribution in [1.82, 2.24) is 0 Å². The van der Waals surface area contributed by atoms with E-state index in [1.165, 1.54) is 0 Å². The molecule has 2 rings (SSSR count). The van der Waals surface area contributed by atoms with Gasteiger partial charge in [-0.25, -0.2) is 0 Å². The van der Waals surface area contributed by atoms with E-state index < -0.39 is 0 Å². The van der Waals surface area contributed by atoms with Gasteiger partial charge in [0.15, 0.2) is 5.78 Å². The molecule has 1 aromatic rings. The van der Waals surface area contributed by atoms with E-state index >= 15 is 0 Å². The maximum absolute atomic E-state index is 11.6. The van der Waals surface area contributed by atoms with E-state index in [4.69, 9.17) is 16.3 Å². The molecule has 0 radical (unpaired) electrons. The van der Waals surface area contributed by atoms with Gasteiger partial charge in [0.05, 0.1) is 10.6 Å². The standard InChI is InChI=1S/C9H6BrClO2/c10-6-4-13-9-5(8(6)12)2-1-3-7(9)11/h1-3,6H,4H2. The van der Waals surface area contributed by atoms with Crippen LogP contribution in [0.4, 0.5) is 0 Å². The summed E-state index contributed by atoms with van der Waals surface area (Å²) >= 11 is 9.09. The van der Waals surface area contributed by atoms with Crippen LogP contribution in [-0.2, 0) is 0 Å². The highest BCUT2D eigenvalue weighted by Crippen LogP contribution is 2.33. The van der Waals surface area contributed by atoms with E-state index in [0.29, 0.717) is 22.9 Å². The van der Waals surface area contributed by atoms with Crippen molar-refractivity contribution >= 4 is 33.3 Å². The maximum atomic E-state index is 11.6. The van der Waals surface area contributed by atoms with E-state index in [0.717, 1.165) is 0 Å². The minimum atomic E-state index is -0.251. The predicted octanol–water partition coefficient (Wildman–Crippen LogP) is 2.68. The Morgan fingerprint density at radius 1 is 1.54 bits per heavy atom. The zero-order chi connectivity index (χ0) is 9.42. The molecule has 0 N–H and O–H groups in total. The van der Waals surface area contributed by atoms with Gasteiger partial charge in [0.25, 0.3) is 0 Å². The van der Waals surface area contributed by atoms with Crippen LogP contribution < -0.4 is 4.74 Å². The maximum Gasteiger partial charge on any atom is 0.183 e. The summed E-state index contributed by atoms with van der Waals surface area (Å²) < 4.78 is 5.34. The molecule has 1 aromatic carbocycles. The number of alkyl halides is 1. The number of hydrogen-bond acceptors (Lipinski definition) is 2. The van der Waals surface area contributed by atoms with Crippen molar-refractivity contribution in [3.05, 3.63) is 28.8 Å². The smallest absolute Gasteiger partial charge is 0.183 e. The van der Waals surface area contributed by atoms with Crippen molar-refractivity contribution in [3.63, 3.8) is 0 Å². The first-order valence-electron chi connectivity index (χ1n) is 3.80. The van der Waals surface area contributed by atoms with Crippen LogP contribution in [0.3, 0.4) is 0 Å². The third kappa shape index (κ3) is 1.46. The number of fused-ring (bicyclic) bond motifs is 1. The first-order chi connectivity index (χ1) is 6.20. The van der Waals surface area contributed by atoms with Crippen molar-refractivity contribution in [1.29, 1.82) is 0 Å². The van der Waals surface area contributed by atoms with Gasteiger partial charge in [-0.05, 0) is 12.1 Å². The number of carbonyl (C=O) groups excluding carboxylic acids is 1. The molecule has 0 amide bonds. The van der Waals surface area contributed by atoms with Gasteiger partial charge >= 0.3 is 0 Å². The quantitative estimate of drug-likeness (QED) is 0.671. The molecule has 1 aliphatic heterocycles. The van der Waals surface area contributed by atoms with E-state index in [1.807, 2.05) is 0 Å². The number of ketones is 1. The van der Waals surface area contributed by atoms with Crippen molar-refractivity contribution in [2.75, 3.05) is 6.61 Å². The molecule has 1 aliphatic rings. The van der Waals surface area contributed by atoms with E-state index in [9.17, 15) is 4.79 Å². The van der Waals surface area contributed by atoms with Gasteiger partial charge < -0.3 is 4.74 Å². The molecule has 0 spiro atoms. The Hall–Kier alpha value is -0.540. The summed E-state index contributed by atoms with van der Waals surface area (Å²) in [5.41, 5.74) is 0.556. The second-order valence-corrected chi connectivity index (χ2v) is 4.27. The summed E-state index contributed by atoms with van der Waals surface area (Å²) in [6, 6.07) is 5.17. The predicted molar refractivity (Wildman–Crippen MR) is 54.0 cm³/mol. The molecule has 2 nitrogen and oxygen atoms in total. The number of para-hydroxylation sites is 1. The van der Waals surface area contributed by atoms with Crippen LogP contribution in [0, 0.1) is 0 Å². The lowest BCUT2D eigenvalue weighted by molar-refractivity contribution is 0.0946. The zero-order valence-electron chi connectivity index (χ0n) is 6.59. The summed E-state index contributed by atoms with van der Waals surface area (Å²) in [4.78, 5) is 11.3. The van der Waals surface area contributed by atoms with Crippen LogP contribution >= 0.6 is 27.5 Å². The number of ether oxygens (including phenoxy) is 1. The first-order valence-corrected chi connectivity index (χ1v) is 5.09. The van der Waals surface area contributed by atoms with Crippen LogP contribution in [0.1, 0.15) is 10.4 Å². The Bertz CT molecular complexity index is 365. The average molecular weight is 262 g/mol. The molecule has 68 valence electrons. The lowest BCUT2D eigenvalue weighted by Gasteiger charge is -2.20. The zero-order valence-corrected chi connectivity index (χ0v) is 8.93. The number of Topliss-reactive ketones (excluding diaryl/α,β-unsaturated/α-hetero) is 1. The lowest BCUT2D eigenvalue weighted by Crippen LogP contribution is -2.27. The van der Waals surface area contributed by atoms with E-state index in [-0.39, 0.29) is 10.6 Å². The summed E-state index contributed by atoms with van der Waals surface area (Å²) in [7, 11) is 0. The molecule has 0 aliphatic carbocycles. The summed E-state index contributed by atoms with van der Waals surface area (Å²) in [6.07, 6.45) is 0. The molecule has 1 unspecified atom stereocenters. The van der Waals surface area contributed by atoms with E-state index in [1.54, 1.807) is 18.2 Å². The van der Waals surface area contributed by atoms with Crippen molar-refractivity contribution in [2.45, 2.75) is 4.83 Å². The Balaban J connectivity index is 2.55. The number of carbonyl (C=O) groups is 1. The highest BCUT2D eigenvalue weighted by Gasteiger charge is 2.27. The SMILES string of the molecule is O=C1c2cccc(Cl)c2OCC1Br. The van der Waals surface area contributed by atoms with Crippen LogP contribution in [0.2, 0.25) is 5.02 Å². The molecular formula is C9H6BrClO2. The fourth-order valence-electron chi connectivity index (χ4n) is 1.25. The van der Waals surface area contributed by atoms with Crippen molar-refractivity contribution in [3.8, 4) is 5.75 Å². The van der Waals surface area contributed by atoms with Gasteiger partial charge in [-0.1, -0.05) is 33.6 Å². The first kappa shape index (κ1) is 9.03. The topological polar surface area (TPSA) is 26.3 Å². The summed E-state index contributed by atoms with van der Waals surface area (Å²) in [5.74, 6) is 0.536. The second kappa shape index (κ2) is 3.31. The Labute approximate surface area is 89.0 Å². The molecule has 0 bridgehead atoms. The Kier molecular flexibility index (Phi) is 2.30. The third-order valence-corrected chi connectivity index (χ3v) is 2.87. The van der Waals surface area contributed by atoms with Crippen molar-refractivity contribution in [2.24, 2.45) is 0 Å². The third-order valence-electron chi connectivity index (χ3n) is 1.89. The molecule has 0 aromatic heterocycles. The minimum Gasteiger partial charge on any atom is -0.490 e. The molecule has 4 heteroatoms. The van der Waals surface area contributed by atoms with Crippen LogP contribution in [0.5, 0.6) is 5.75 Å². The van der Waals surface area contributed by atoms with Crippen molar-refractivity contribution < 1.29 is 9.53 Å². The number of rotatable bonds is 0. The number of hydrogen-bond donors (Lipinski definition) is 0. The van der Waals surface area contributed by atoms with Gasteiger partial charge in [-0.3, -0.25) is 4.79 Å². The molecule has 13 heavy (non-hydrogen) atoms. The lowest BCUT2D eigenvalue weighted by atomic mass is 10.1. The molecule has 0 saturated carbocycles. The Morgan fingerprint density at radius 3 is 3.08 bits per heavy atom. The largest absolute Gasteiger partial charge is 0.490 e. The monoisotopic (exact) mass is 260 g/mol. The average Bonchev–Trinajstić information content (AvgIpc) is 2.12. The van der Waals surface area contributed by atoms with Gasteiger partial charge in [-0.15, -0.1) is 0 Å². The second-order valence-electron chi connectivity index (χ2n) is 2.76. The molecule has 0 saturated heterocycles. The minimum absolute atomic E-state index is 0.0313. The molecular weight excluding hydrogens is 255 g/mol. The summed E-state index contributed by atoms with van der Waals surface area (Å²) in [5, 5.41) is 0.491.